The molecule has 0 saturated carbocycles. The Balaban J connectivity index is 2.21. The van der Waals surface area contributed by atoms with Crippen LogP contribution in [0.4, 0.5) is 5.69 Å². The third kappa shape index (κ3) is 2.92. The second-order valence-electron chi connectivity index (χ2n) is 4.13. The lowest BCUT2D eigenvalue weighted by atomic mass is 10.1. The minimum atomic E-state index is -1.03. The summed E-state index contributed by atoms with van der Waals surface area (Å²) in [6.45, 7) is 1.69. The Morgan fingerprint density at radius 2 is 1.85 bits per heavy atom. The number of carbonyl (C=O) groups is 2. The molecule has 0 bridgehead atoms. The largest absolute Gasteiger partial charge is 0.478 e. The molecule has 0 aliphatic heterocycles. The van der Waals surface area contributed by atoms with Crippen molar-refractivity contribution in [1.82, 2.24) is 0 Å². The minimum absolute atomic E-state index is 0.145. The number of amides is 1. The van der Waals surface area contributed by atoms with Gasteiger partial charge < -0.3 is 14.8 Å². The van der Waals surface area contributed by atoms with E-state index >= 15 is 0 Å². The van der Waals surface area contributed by atoms with Gasteiger partial charge >= 0.3 is 11.6 Å². The van der Waals surface area contributed by atoms with Crippen molar-refractivity contribution in [2.24, 2.45) is 0 Å². The quantitative estimate of drug-likeness (QED) is 0.890. The lowest BCUT2D eigenvalue weighted by molar-refractivity contribution is 0.0696. The van der Waals surface area contributed by atoms with E-state index in [0.29, 0.717) is 11.3 Å². The van der Waals surface area contributed by atoms with Crippen LogP contribution in [-0.2, 0) is 0 Å². The van der Waals surface area contributed by atoms with Crippen LogP contribution >= 0.6 is 0 Å². The van der Waals surface area contributed by atoms with E-state index in [1.807, 2.05) is 0 Å². The fourth-order valence-electron chi connectivity index (χ4n) is 1.62. The molecule has 1 amide bonds. The van der Waals surface area contributed by atoms with Crippen molar-refractivity contribution < 1.29 is 19.1 Å². The van der Waals surface area contributed by atoms with E-state index < -0.39 is 17.5 Å². The van der Waals surface area contributed by atoms with Gasteiger partial charge in [-0.2, -0.15) is 0 Å². The first-order chi connectivity index (χ1) is 9.47. The summed E-state index contributed by atoms with van der Waals surface area (Å²) in [6, 6.07) is 6.87. The van der Waals surface area contributed by atoms with Crippen molar-refractivity contribution in [3.63, 3.8) is 0 Å². The lowest BCUT2D eigenvalue weighted by Gasteiger charge is -2.08. The molecule has 102 valence electrons. The van der Waals surface area contributed by atoms with Crippen LogP contribution in [-0.4, -0.2) is 17.0 Å². The standard InChI is InChI=1S/C14H11NO5/c1-8-6-9(14(18)19)2-4-11(8)15-13(17)10-3-5-12(16)20-7-10/h2-7H,1H3,(H,15,17)(H,18,19). The molecule has 2 N–H and O–H groups in total. The lowest BCUT2D eigenvalue weighted by Crippen LogP contribution is -2.14. The molecule has 1 aromatic heterocycles. The first-order valence-corrected chi connectivity index (χ1v) is 5.71. The monoisotopic (exact) mass is 273 g/mol. The number of hydrogen-bond donors (Lipinski definition) is 2. The second kappa shape index (κ2) is 5.40. The van der Waals surface area contributed by atoms with Crippen LogP contribution in [0.1, 0.15) is 26.3 Å². The summed E-state index contributed by atoms with van der Waals surface area (Å²) in [6.07, 6.45) is 1.07. The molecule has 6 nitrogen and oxygen atoms in total. The zero-order chi connectivity index (χ0) is 14.7. The zero-order valence-electron chi connectivity index (χ0n) is 10.5. The van der Waals surface area contributed by atoms with Crippen molar-refractivity contribution in [3.05, 3.63) is 63.7 Å². The van der Waals surface area contributed by atoms with Gasteiger partial charge in [-0.1, -0.05) is 0 Å². The third-order valence-corrected chi connectivity index (χ3v) is 2.68. The molecule has 0 radical (unpaired) electrons. The number of aromatic carboxylic acids is 1. The molecular weight excluding hydrogens is 262 g/mol. The Morgan fingerprint density at radius 3 is 2.40 bits per heavy atom. The molecule has 0 aliphatic rings. The van der Waals surface area contributed by atoms with Gasteiger partial charge in [0.05, 0.1) is 11.1 Å². The summed E-state index contributed by atoms with van der Waals surface area (Å²) in [5, 5.41) is 11.5. The van der Waals surface area contributed by atoms with E-state index in [1.54, 1.807) is 6.92 Å². The van der Waals surface area contributed by atoms with Crippen molar-refractivity contribution in [2.75, 3.05) is 5.32 Å². The number of carbonyl (C=O) groups excluding carboxylic acids is 1. The SMILES string of the molecule is Cc1cc(C(=O)O)ccc1NC(=O)c1ccc(=O)oc1. The Kier molecular flexibility index (Phi) is 3.65. The molecule has 20 heavy (non-hydrogen) atoms. The number of nitrogens with one attached hydrogen (secondary N) is 1. The molecule has 0 spiro atoms. The van der Waals surface area contributed by atoms with Crippen LogP contribution < -0.4 is 10.9 Å². The summed E-state index contributed by atoms with van der Waals surface area (Å²) in [7, 11) is 0. The van der Waals surface area contributed by atoms with Gasteiger partial charge in [-0.05, 0) is 36.8 Å². The molecule has 2 rings (SSSR count). The van der Waals surface area contributed by atoms with Gasteiger partial charge in [0.25, 0.3) is 5.91 Å². The average molecular weight is 273 g/mol. The molecule has 0 aliphatic carbocycles. The Bertz CT molecular complexity index is 712. The van der Waals surface area contributed by atoms with E-state index in [-0.39, 0.29) is 11.1 Å². The van der Waals surface area contributed by atoms with Crippen LogP contribution in [0.3, 0.4) is 0 Å². The van der Waals surface area contributed by atoms with Crippen LogP contribution in [0.2, 0.25) is 0 Å². The zero-order valence-corrected chi connectivity index (χ0v) is 10.5. The number of benzene rings is 1. The van der Waals surface area contributed by atoms with E-state index in [1.165, 1.54) is 24.3 Å². The summed E-state index contributed by atoms with van der Waals surface area (Å²) >= 11 is 0. The van der Waals surface area contributed by atoms with Crippen molar-refractivity contribution in [1.29, 1.82) is 0 Å². The number of rotatable bonds is 3. The van der Waals surface area contributed by atoms with E-state index in [2.05, 4.69) is 9.73 Å². The molecule has 0 saturated heterocycles. The number of carboxylic acids is 1. The van der Waals surface area contributed by atoms with Crippen LogP contribution in [0.15, 0.2) is 45.8 Å². The van der Waals surface area contributed by atoms with Gasteiger partial charge in [0.1, 0.15) is 6.26 Å². The summed E-state index contributed by atoms with van der Waals surface area (Å²) in [4.78, 5) is 33.5. The molecule has 2 aromatic rings. The fraction of sp³-hybridized carbons (Fsp3) is 0.0714. The molecule has 1 aromatic carbocycles. The van der Waals surface area contributed by atoms with Crippen molar-refractivity contribution in [3.8, 4) is 0 Å². The summed E-state index contributed by atoms with van der Waals surface area (Å²) < 4.78 is 4.60. The topological polar surface area (TPSA) is 96.6 Å². The molecule has 1 heterocycles. The number of carboxylic acid groups (broad SMARTS) is 1. The Morgan fingerprint density at radius 1 is 1.15 bits per heavy atom. The van der Waals surface area contributed by atoms with Gasteiger partial charge in [0.2, 0.25) is 0 Å². The maximum Gasteiger partial charge on any atom is 0.335 e. The Hall–Kier alpha value is -2.89. The normalized spacial score (nSPS) is 10.1. The van der Waals surface area contributed by atoms with E-state index in [0.717, 1.165) is 12.3 Å². The smallest absolute Gasteiger partial charge is 0.335 e. The highest BCUT2D eigenvalue weighted by molar-refractivity contribution is 6.04. The van der Waals surface area contributed by atoms with Crippen LogP contribution in [0.25, 0.3) is 0 Å². The predicted octanol–water partition coefficient (Wildman–Crippen LogP) is 1.90. The number of hydrogen-bond acceptors (Lipinski definition) is 4. The van der Waals surface area contributed by atoms with Crippen molar-refractivity contribution in [2.45, 2.75) is 6.92 Å². The number of aryl methyl sites for hydroxylation is 1. The van der Waals surface area contributed by atoms with Gasteiger partial charge in [-0.3, -0.25) is 4.79 Å². The first kappa shape index (κ1) is 13.5. The Labute approximate surface area is 113 Å². The van der Waals surface area contributed by atoms with E-state index in [4.69, 9.17) is 5.11 Å². The van der Waals surface area contributed by atoms with Gasteiger partial charge in [-0.15, -0.1) is 0 Å². The van der Waals surface area contributed by atoms with Crippen LogP contribution in [0.5, 0.6) is 0 Å². The second-order valence-corrected chi connectivity index (χ2v) is 4.13. The van der Waals surface area contributed by atoms with Crippen molar-refractivity contribution >= 4 is 17.6 Å². The third-order valence-electron chi connectivity index (χ3n) is 2.68. The number of anilines is 1. The highest BCUT2D eigenvalue weighted by Crippen LogP contribution is 2.17. The van der Waals surface area contributed by atoms with Gasteiger partial charge in [0.15, 0.2) is 0 Å². The average Bonchev–Trinajstić information content (AvgIpc) is 2.41. The summed E-state index contributed by atoms with van der Waals surface area (Å²) in [5.41, 5.74) is 0.919. The highest BCUT2D eigenvalue weighted by Gasteiger charge is 2.10. The van der Waals surface area contributed by atoms with Gasteiger partial charge in [0, 0.05) is 11.8 Å². The fourth-order valence-corrected chi connectivity index (χ4v) is 1.62. The molecular formula is C14H11NO5. The predicted molar refractivity (Wildman–Crippen MR) is 71.1 cm³/mol. The maximum atomic E-state index is 11.9. The molecule has 0 unspecified atom stereocenters. The first-order valence-electron chi connectivity index (χ1n) is 5.71. The highest BCUT2D eigenvalue weighted by atomic mass is 16.4. The van der Waals surface area contributed by atoms with E-state index in [9.17, 15) is 14.4 Å². The molecule has 0 fully saturated rings. The van der Waals surface area contributed by atoms with Gasteiger partial charge in [-0.25, -0.2) is 9.59 Å². The minimum Gasteiger partial charge on any atom is -0.478 e. The summed E-state index contributed by atoms with van der Waals surface area (Å²) in [5.74, 6) is -1.48. The molecule has 6 heteroatoms. The molecule has 0 atom stereocenters. The van der Waals surface area contributed by atoms with Crippen LogP contribution in [0, 0.1) is 6.92 Å². The maximum absolute atomic E-state index is 11.9.